The molecule has 0 spiro atoms. The van der Waals surface area contributed by atoms with Crippen LogP contribution in [-0.4, -0.2) is 88.6 Å². The molecule has 12 nitrogen and oxygen atoms in total. The lowest BCUT2D eigenvalue weighted by molar-refractivity contribution is -0.159. The molecule has 51 heavy (non-hydrogen) atoms. The van der Waals surface area contributed by atoms with Gasteiger partial charge in [-0.15, -0.1) is 0 Å². The molecule has 0 aliphatic carbocycles. The third-order valence-electron chi connectivity index (χ3n) is 10.6. The number of aliphatic hydroxyl groups is 1. The number of fused-ring (bicyclic) bond motifs is 1. The van der Waals surface area contributed by atoms with Crippen molar-refractivity contribution in [2.45, 2.75) is 192 Å². The molecule has 1 amide bonds. The number of esters is 1. The van der Waals surface area contributed by atoms with Gasteiger partial charge in [-0.25, -0.2) is 9.38 Å². The first-order chi connectivity index (χ1) is 24.6. The molecular weight excluding hydrogens is 655 g/mol. The van der Waals surface area contributed by atoms with Crippen molar-refractivity contribution < 1.29 is 33.4 Å². The fourth-order valence-electron chi connectivity index (χ4n) is 6.98. The molecule has 5 N–H and O–H groups in total. The number of halogens is 1. The summed E-state index contributed by atoms with van der Waals surface area (Å²) < 4.78 is 25.9. The number of aliphatic hydroxyl groups excluding tert-OH is 1. The first-order valence-electron chi connectivity index (χ1n) is 19.8. The third-order valence-corrected chi connectivity index (χ3v) is 10.6. The lowest BCUT2D eigenvalue weighted by atomic mass is 9.86. The number of hydrogen-bond donors (Lipinski definition) is 3. The molecule has 3 aliphatic heterocycles. The highest BCUT2D eigenvalue weighted by molar-refractivity contribution is 6.38. The van der Waals surface area contributed by atoms with Crippen molar-refractivity contribution in [2.24, 2.45) is 32.4 Å². The average molecular weight is 721 g/mol. The van der Waals surface area contributed by atoms with Gasteiger partial charge in [-0.3, -0.25) is 19.3 Å². The first kappa shape index (κ1) is 42.6. The zero-order chi connectivity index (χ0) is 37.2. The van der Waals surface area contributed by atoms with Gasteiger partial charge < -0.3 is 26.0 Å². The van der Waals surface area contributed by atoms with Gasteiger partial charge >= 0.3 is 5.97 Å². The van der Waals surface area contributed by atoms with Crippen molar-refractivity contribution in [3.63, 3.8) is 0 Å². The Morgan fingerprint density at radius 1 is 0.961 bits per heavy atom. The Morgan fingerprint density at radius 3 is 1.98 bits per heavy atom. The van der Waals surface area contributed by atoms with E-state index >= 15 is 0 Å². The average Bonchev–Trinajstić information content (AvgIpc) is 3.70. The number of Topliss-reactive ketones (excluding diaryl/α,β-unsaturated/α-hetero) is 1. The molecule has 3 unspecified atom stereocenters. The number of rotatable bonds is 27. The molecule has 1 saturated heterocycles. The van der Waals surface area contributed by atoms with Crippen LogP contribution >= 0.6 is 0 Å². The van der Waals surface area contributed by atoms with Crippen molar-refractivity contribution in [1.29, 1.82) is 0 Å². The minimum Gasteiger partial charge on any atom is -0.453 e. The normalized spacial score (nSPS) is 24.6. The molecule has 0 saturated carbocycles. The highest BCUT2D eigenvalue weighted by Gasteiger charge is 2.61. The van der Waals surface area contributed by atoms with Crippen LogP contribution in [0.4, 0.5) is 4.39 Å². The van der Waals surface area contributed by atoms with Gasteiger partial charge in [-0.1, -0.05) is 136 Å². The number of ether oxygens (including phenoxy) is 2. The van der Waals surface area contributed by atoms with E-state index in [9.17, 15) is 23.9 Å². The van der Waals surface area contributed by atoms with Crippen LogP contribution in [0.3, 0.4) is 0 Å². The number of carbonyl (C=O) groups excluding carboxylic acids is 3. The van der Waals surface area contributed by atoms with Gasteiger partial charge in [-0.2, -0.15) is 9.98 Å². The number of carbonyl (C=O) groups is 3. The van der Waals surface area contributed by atoms with Crippen molar-refractivity contribution in [2.75, 3.05) is 6.61 Å². The number of amidine groups is 1. The monoisotopic (exact) mass is 720 g/mol. The zero-order valence-corrected chi connectivity index (χ0v) is 31.4. The van der Waals surface area contributed by atoms with E-state index in [2.05, 4.69) is 21.9 Å². The molecule has 0 radical (unpaired) electrons. The minimum atomic E-state index is -2.27. The second kappa shape index (κ2) is 22.3. The van der Waals surface area contributed by atoms with Crippen molar-refractivity contribution in [3.05, 3.63) is 0 Å². The number of ketones is 1. The summed E-state index contributed by atoms with van der Waals surface area (Å²) in [6, 6.07) is -0.959. The quantitative estimate of drug-likeness (QED) is 0.0517. The van der Waals surface area contributed by atoms with E-state index in [1.54, 1.807) is 0 Å². The third kappa shape index (κ3) is 12.1. The SMILES string of the molecule is CCCCCCCCCCCCCCCCCCCCC(OC(=O)[C@@H](N)[C@@H](C)CC)C(=O)C12N=CN([C@H]3CC(F)[C@@H](CO)O3)C1=NC(N)=NC2=O. The van der Waals surface area contributed by atoms with Gasteiger partial charge in [0.25, 0.3) is 11.4 Å². The van der Waals surface area contributed by atoms with Crippen LogP contribution in [-0.2, 0) is 23.9 Å². The molecule has 0 bridgehead atoms. The van der Waals surface area contributed by atoms with Gasteiger partial charge in [0.2, 0.25) is 11.7 Å². The standard InChI is InChI=1S/C38H65FN6O6/c1-4-6-7-8-9-10-11-12-13-14-15-16-17-18-19-20-21-22-23-29(51-34(48)32(40)27(3)5-2)33(47)38-35(43-37(41)44-36(38)49)45(26-42-38)31-24-28(39)30(25-46)50-31/h26-32,46H,4-25,40H2,1-3H3,(H2,41,44,49)/t27-,28?,29?,30+,31+,32-,38?/m0/s1. The van der Waals surface area contributed by atoms with Crippen LogP contribution in [0.15, 0.2) is 15.0 Å². The van der Waals surface area contributed by atoms with E-state index < -0.39 is 66.4 Å². The minimum absolute atomic E-state index is 0.159. The van der Waals surface area contributed by atoms with Gasteiger partial charge in [0.05, 0.1) is 12.9 Å². The first-order valence-corrected chi connectivity index (χ1v) is 19.8. The molecule has 0 aromatic carbocycles. The Hall–Kier alpha value is -2.77. The Kier molecular flexibility index (Phi) is 18.7. The van der Waals surface area contributed by atoms with Crippen LogP contribution in [0.1, 0.15) is 156 Å². The number of aliphatic imine (C=N–C) groups is 3. The zero-order valence-electron chi connectivity index (χ0n) is 31.4. The lowest BCUT2D eigenvalue weighted by Gasteiger charge is -2.32. The van der Waals surface area contributed by atoms with Gasteiger partial charge in [0.1, 0.15) is 24.5 Å². The number of hydrogen-bond acceptors (Lipinski definition) is 11. The maximum atomic E-state index is 14.5. The van der Waals surface area contributed by atoms with Gasteiger partial charge in [-0.05, 0) is 18.8 Å². The highest BCUT2D eigenvalue weighted by atomic mass is 19.1. The van der Waals surface area contributed by atoms with Crippen molar-refractivity contribution in [1.82, 2.24) is 4.90 Å². The molecule has 0 aromatic heterocycles. The van der Waals surface area contributed by atoms with E-state index in [-0.39, 0.29) is 24.6 Å². The summed E-state index contributed by atoms with van der Waals surface area (Å²) in [6.07, 6.45) is 18.8. The summed E-state index contributed by atoms with van der Waals surface area (Å²) in [5, 5.41) is 9.50. The molecule has 290 valence electrons. The van der Waals surface area contributed by atoms with Gasteiger partial charge in [0, 0.05) is 6.42 Å². The van der Waals surface area contributed by atoms with E-state index in [0.29, 0.717) is 12.8 Å². The predicted molar refractivity (Wildman–Crippen MR) is 198 cm³/mol. The summed E-state index contributed by atoms with van der Waals surface area (Å²) in [4.78, 5) is 54.5. The van der Waals surface area contributed by atoms with E-state index in [1.807, 2.05) is 13.8 Å². The summed E-state index contributed by atoms with van der Waals surface area (Å²) in [7, 11) is 0. The topological polar surface area (TPSA) is 182 Å². The van der Waals surface area contributed by atoms with E-state index in [0.717, 1.165) is 25.7 Å². The van der Waals surface area contributed by atoms with E-state index in [4.69, 9.17) is 20.9 Å². The Bertz CT molecular complexity index is 1200. The second-order valence-electron chi connectivity index (χ2n) is 14.6. The van der Waals surface area contributed by atoms with E-state index in [1.165, 1.54) is 94.7 Å². The highest BCUT2D eigenvalue weighted by Crippen LogP contribution is 2.35. The molecule has 1 fully saturated rings. The van der Waals surface area contributed by atoms with Crippen LogP contribution in [0.2, 0.25) is 0 Å². The number of nitrogens with zero attached hydrogens (tertiary/aromatic N) is 4. The number of alkyl halides is 1. The number of guanidine groups is 1. The molecule has 0 aromatic rings. The van der Waals surface area contributed by atoms with Gasteiger partial charge in [0.15, 0.2) is 11.9 Å². The van der Waals surface area contributed by atoms with Crippen molar-refractivity contribution >= 4 is 35.8 Å². The summed E-state index contributed by atoms with van der Waals surface area (Å²) >= 11 is 0. The van der Waals surface area contributed by atoms with Crippen molar-refractivity contribution in [3.8, 4) is 0 Å². The summed E-state index contributed by atoms with van der Waals surface area (Å²) in [5.74, 6) is -3.31. The van der Waals surface area contributed by atoms with Crippen LogP contribution in [0, 0.1) is 5.92 Å². The van der Waals surface area contributed by atoms with Crippen LogP contribution in [0.5, 0.6) is 0 Å². The predicted octanol–water partition coefficient (Wildman–Crippen LogP) is 6.05. The molecule has 3 rings (SSSR count). The number of amides is 1. The van der Waals surface area contributed by atoms with Crippen LogP contribution < -0.4 is 11.5 Å². The lowest BCUT2D eigenvalue weighted by Crippen LogP contribution is -2.60. The molecule has 3 aliphatic rings. The smallest absolute Gasteiger partial charge is 0.323 e. The second-order valence-corrected chi connectivity index (χ2v) is 14.6. The number of nitrogens with two attached hydrogens (primary N) is 2. The largest absolute Gasteiger partial charge is 0.453 e. The summed E-state index contributed by atoms with van der Waals surface area (Å²) in [6.45, 7) is 5.44. The Balaban J connectivity index is 1.51. The Labute approximate surface area is 304 Å². The maximum absolute atomic E-state index is 14.5. The number of unbranched alkanes of at least 4 members (excludes halogenated alkanes) is 17. The fraction of sp³-hybridized carbons (Fsp3) is 0.842. The fourth-order valence-corrected chi connectivity index (χ4v) is 6.98. The maximum Gasteiger partial charge on any atom is 0.323 e. The Morgan fingerprint density at radius 2 is 1.49 bits per heavy atom. The molecule has 7 atom stereocenters. The summed E-state index contributed by atoms with van der Waals surface area (Å²) in [5.41, 5.74) is 9.73. The molecule has 13 heteroatoms. The molecule has 3 heterocycles. The molecular formula is C38H65FN6O6. The van der Waals surface area contributed by atoms with Crippen LogP contribution in [0.25, 0.3) is 0 Å².